The van der Waals surface area contributed by atoms with Gasteiger partial charge in [-0.15, -0.1) is 11.3 Å². The summed E-state index contributed by atoms with van der Waals surface area (Å²) >= 11 is 1.48. The standard InChI is InChI=1S/C23H22N2O3S/c1-16(2)28-19-12-10-18(11-13-19)24-23(27)21(15-20-9-6-14-29-20)25-22(26)17-7-4-3-5-8-17/h3-16H,1-2H3,(H,24,27)(H,25,26)/b21-15-. The fourth-order valence-electron chi connectivity index (χ4n) is 2.55. The first-order valence-electron chi connectivity index (χ1n) is 9.21. The lowest BCUT2D eigenvalue weighted by Gasteiger charge is -2.12. The van der Waals surface area contributed by atoms with Crippen molar-refractivity contribution in [1.29, 1.82) is 0 Å². The predicted molar refractivity (Wildman–Crippen MR) is 117 cm³/mol. The Labute approximate surface area is 174 Å². The highest BCUT2D eigenvalue weighted by Crippen LogP contribution is 2.18. The Morgan fingerprint density at radius 3 is 2.31 bits per heavy atom. The molecule has 0 saturated carbocycles. The number of rotatable bonds is 7. The van der Waals surface area contributed by atoms with Gasteiger partial charge in [0.15, 0.2) is 0 Å². The molecule has 0 fully saturated rings. The van der Waals surface area contributed by atoms with Crippen LogP contribution in [0.4, 0.5) is 5.69 Å². The van der Waals surface area contributed by atoms with Gasteiger partial charge in [0.1, 0.15) is 11.4 Å². The summed E-state index contributed by atoms with van der Waals surface area (Å²) in [6.07, 6.45) is 1.74. The molecule has 0 radical (unpaired) electrons. The lowest BCUT2D eigenvalue weighted by molar-refractivity contribution is -0.113. The van der Waals surface area contributed by atoms with Crippen LogP contribution in [-0.2, 0) is 4.79 Å². The zero-order valence-corrected chi connectivity index (χ0v) is 17.0. The van der Waals surface area contributed by atoms with Gasteiger partial charge >= 0.3 is 0 Å². The van der Waals surface area contributed by atoms with Gasteiger partial charge in [-0.05, 0) is 67.8 Å². The fraction of sp³-hybridized carbons (Fsp3) is 0.130. The molecule has 2 aromatic carbocycles. The van der Waals surface area contributed by atoms with Gasteiger partial charge in [0.2, 0.25) is 0 Å². The van der Waals surface area contributed by atoms with Crippen LogP contribution in [0.2, 0.25) is 0 Å². The molecule has 0 aliphatic heterocycles. The normalized spacial score (nSPS) is 11.2. The summed E-state index contributed by atoms with van der Waals surface area (Å²) in [5.74, 6) is -0.0193. The third-order valence-corrected chi connectivity index (χ3v) is 4.66. The fourth-order valence-corrected chi connectivity index (χ4v) is 3.20. The van der Waals surface area contributed by atoms with Gasteiger partial charge in [-0.1, -0.05) is 24.3 Å². The molecular formula is C23H22N2O3S. The number of anilines is 1. The van der Waals surface area contributed by atoms with Crippen molar-refractivity contribution in [1.82, 2.24) is 5.32 Å². The van der Waals surface area contributed by atoms with E-state index in [1.165, 1.54) is 11.3 Å². The minimum absolute atomic E-state index is 0.0731. The van der Waals surface area contributed by atoms with E-state index >= 15 is 0 Å². The quantitative estimate of drug-likeness (QED) is 0.546. The number of carbonyl (C=O) groups is 2. The average Bonchev–Trinajstić information content (AvgIpc) is 3.22. The van der Waals surface area contributed by atoms with Gasteiger partial charge in [-0.25, -0.2) is 0 Å². The van der Waals surface area contributed by atoms with E-state index in [1.54, 1.807) is 54.6 Å². The highest BCUT2D eigenvalue weighted by molar-refractivity contribution is 7.10. The molecule has 1 heterocycles. The SMILES string of the molecule is CC(C)Oc1ccc(NC(=O)/C(=C/c2cccs2)NC(=O)c2ccccc2)cc1. The largest absolute Gasteiger partial charge is 0.491 e. The summed E-state index contributed by atoms with van der Waals surface area (Å²) in [5, 5.41) is 7.45. The zero-order chi connectivity index (χ0) is 20.6. The predicted octanol–water partition coefficient (Wildman–Crippen LogP) is 4.94. The molecule has 6 heteroatoms. The maximum absolute atomic E-state index is 12.8. The maximum Gasteiger partial charge on any atom is 0.272 e. The minimum atomic E-state index is -0.403. The Kier molecular flexibility index (Phi) is 6.81. The van der Waals surface area contributed by atoms with Crippen LogP contribution >= 0.6 is 11.3 Å². The molecule has 3 rings (SSSR count). The highest BCUT2D eigenvalue weighted by atomic mass is 32.1. The molecule has 0 bridgehead atoms. The van der Waals surface area contributed by atoms with E-state index < -0.39 is 5.91 Å². The van der Waals surface area contributed by atoms with E-state index in [2.05, 4.69) is 10.6 Å². The highest BCUT2D eigenvalue weighted by Gasteiger charge is 2.15. The van der Waals surface area contributed by atoms with Gasteiger partial charge in [-0.3, -0.25) is 9.59 Å². The number of hydrogen-bond donors (Lipinski definition) is 2. The zero-order valence-electron chi connectivity index (χ0n) is 16.2. The molecule has 0 atom stereocenters. The van der Waals surface area contributed by atoms with Crippen molar-refractivity contribution < 1.29 is 14.3 Å². The van der Waals surface area contributed by atoms with E-state index in [0.717, 1.165) is 10.6 Å². The van der Waals surface area contributed by atoms with E-state index in [1.807, 2.05) is 37.4 Å². The summed E-state index contributed by atoms with van der Waals surface area (Å²) in [6, 6.07) is 19.7. The minimum Gasteiger partial charge on any atom is -0.491 e. The molecule has 0 aliphatic rings. The number of nitrogens with one attached hydrogen (secondary N) is 2. The van der Waals surface area contributed by atoms with E-state index in [4.69, 9.17) is 4.74 Å². The Morgan fingerprint density at radius 2 is 1.69 bits per heavy atom. The second kappa shape index (κ2) is 9.71. The Balaban J connectivity index is 1.77. The number of ether oxygens (including phenoxy) is 1. The lowest BCUT2D eigenvalue weighted by Crippen LogP contribution is -2.30. The van der Waals surface area contributed by atoms with E-state index in [0.29, 0.717) is 11.3 Å². The van der Waals surface area contributed by atoms with Crippen LogP contribution in [-0.4, -0.2) is 17.9 Å². The third kappa shape index (κ3) is 6.05. The first-order valence-corrected chi connectivity index (χ1v) is 10.1. The molecule has 2 amide bonds. The Morgan fingerprint density at radius 1 is 0.966 bits per heavy atom. The molecule has 0 unspecified atom stereocenters. The molecule has 29 heavy (non-hydrogen) atoms. The second-order valence-electron chi connectivity index (χ2n) is 6.54. The first kappa shape index (κ1) is 20.4. The van der Waals surface area contributed by atoms with Gasteiger partial charge in [0, 0.05) is 16.1 Å². The number of amides is 2. The van der Waals surface area contributed by atoms with Gasteiger partial charge in [0.25, 0.3) is 11.8 Å². The van der Waals surface area contributed by atoms with Crippen LogP contribution in [0.25, 0.3) is 6.08 Å². The molecule has 0 spiro atoms. The molecular weight excluding hydrogens is 384 g/mol. The molecule has 0 saturated heterocycles. The Bertz CT molecular complexity index is 979. The van der Waals surface area contributed by atoms with Gasteiger partial charge in [-0.2, -0.15) is 0 Å². The van der Waals surface area contributed by atoms with Crippen molar-refractivity contribution in [3.63, 3.8) is 0 Å². The Hall–Kier alpha value is -3.38. The van der Waals surface area contributed by atoms with Gasteiger partial charge < -0.3 is 15.4 Å². The average molecular weight is 407 g/mol. The van der Waals surface area contributed by atoms with Crippen LogP contribution in [0.3, 0.4) is 0 Å². The summed E-state index contributed by atoms with van der Waals surface area (Å²) in [4.78, 5) is 26.3. The topological polar surface area (TPSA) is 67.4 Å². The van der Waals surface area contributed by atoms with Crippen molar-refractivity contribution >= 4 is 34.9 Å². The maximum atomic E-state index is 12.8. The summed E-state index contributed by atoms with van der Waals surface area (Å²) in [5.41, 5.74) is 1.26. The van der Waals surface area contributed by atoms with Crippen molar-refractivity contribution in [3.8, 4) is 5.75 Å². The summed E-state index contributed by atoms with van der Waals surface area (Å²) in [7, 11) is 0. The van der Waals surface area contributed by atoms with E-state index in [-0.39, 0.29) is 17.7 Å². The molecule has 0 aliphatic carbocycles. The van der Waals surface area contributed by atoms with Crippen LogP contribution in [0.5, 0.6) is 5.75 Å². The van der Waals surface area contributed by atoms with Crippen molar-refractivity contribution in [3.05, 3.63) is 88.2 Å². The van der Waals surface area contributed by atoms with Crippen molar-refractivity contribution in [2.75, 3.05) is 5.32 Å². The molecule has 2 N–H and O–H groups in total. The summed E-state index contributed by atoms with van der Waals surface area (Å²) < 4.78 is 5.61. The number of benzene rings is 2. The molecule has 148 valence electrons. The van der Waals surface area contributed by atoms with Crippen molar-refractivity contribution in [2.24, 2.45) is 0 Å². The van der Waals surface area contributed by atoms with Crippen LogP contribution in [0, 0.1) is 0 Å². The van der Waals surface area contributed by atoms with Crippen LogP contribution in [0.15, 0.2) is 77.8 Å². The van der Waals surface area contributed by atoms with Crippen LogP contribution in [0.1, 0.15) is 29.1 Å². The lowest BCUT2D eigenvalue weighted by atomic mass is 10.2. The van der Waals surface area contributed by atoms with Crippen molar-refractivity contribution in [2.45, 2.75) is 20.0 Å². The molecule has 1 aromatic heterocycles. The van der Waals surface area contributed by atoms with Gasteiger partial charge in [0.05, 0.1) is 6.10 Å². The smallest absolute Gasteiger partial charge is 0.272 e. The third-order valence-electron chi connectivity index (χ3n) is 3.84. The second-order valence-corrected chi connectivity index (χ2v) is 7.52. The number of carbonyl (C=O) groups excluding carboxylic acids is 2. The summed E-state index contributed by atoms with van der Waals surface area (Å²) in [6.45, 7) is 3.90. The first-order chi connectivity index (χ1) is 14.0. The van der Waals surface area contributed by atoms with E-state index in [9.17, 15) is 9.59 Å². The number of hydrogen-bond acceptors (Lipinski definition) is 4. The number of thiophene rings is 1. The molecule has 5 nitrogen and oxygen atoms in total. The van der Waals surface area contributed by atoms with Crippen LogP contribution < -0.4 is 15.4 Å². The monoisotopic (exact) mass is 406 g/mol. The molecule has 3 aromatic rings.